The fourth-order valence-corrected chi connectivity index (χ4v) is 2.66. The first-order valence-corrected chi connectivity index (χ1v) is 6.41. The van der Waals surface area contributed by atoms with Crippen molar-refractivity contribution in [3.8, 4) is 0 Å². The molecule has 0 aliphatic rings. The fraction of sp³-hybridized carbons (Fsp3) is 0.625. The van der Waals surface area contributed by atoms with E-state index in [-0.39, 0.29) is 5.41 Å². The van der Waals surface area contributed by atoms with Gasteiger partial charge in [-0.05, 0) is 22.3 Å². The normalized spacial score (nSPS) is 16.2. The van der Waals surface area contributed by atoms with E-state index in [0.717, 1.165) is 0 Å². The summed E-state index contributed by atoms with van der Waals surface area (Å²) in [4.78, 5) is 0. The molecule has 0 spiro atoms. The summed E-state index contributed by atoms with van der Waals surface area (Å²) in [6.45, 7) is 14.2. The number of benzene rings is 1. The lowest BCUT2D eigenvalue weighted by atomic mass is 9.56. The third-order valence-electron chi connectivity index (χ3n) is 4.82. The second-order valence-electron chi connectivity index (χ2n) is 5.96. The molecule has 0 fully saturated rings. The van der Waals surface area contributed by atoms with Crippen LogP contribution in [0.4, 0.5) is 0 Å². The molecule has 0 aliphatic carbocycles. The highest BCUT2D eigenvalue weighted by Gasteiger charge is 2.43. The highest BCUT2D eigenvalue weighted by atomic mass is 14.5. The minimum absolute atomic E-state index is 0.239. The summed E-state index contributed by atoms with van der Waals surface area (Å²) in [6.07, 6.45) is 1.20. The second kappa shape index (κ2) is 4.61. The van der Waals surface area contributed by atoms with Crippen molar-refractivity contribution in [2.24, 2.45) is 11.3 Å². The van der Waals surface area contributed by atoms with Crippen LogP contribution in [0.5, 0.6) is 0 Å². The van der Waals surface area contributed by atoms with E-state index >= 15 is 0 Å². The van der Waals surface area contributed by atoms with Gasteiger partial charge in [-0.15, -0.1) is 0 Å². The maximum Gasteiger partial charge on any atom is -0.000131 e. The molecule has 1 unspecified atom stereocenters. The zero-order chi connectivity index (χ0) is 12.4. The van der Waals surface area contributed by atoms with Crippen molar-refractivity contribution in [2.45, 2.75) is 53.4 Å². The summed E-state index contributed by atoms with van der Waals surface area (Å²) in [5, 5.41) is 0. The standard InChI is InChI=1S/C16H26/c1-7-15(4,5)16(6,13(2)3)14-11-9-8-10-12-14/h8-13H,7H2,1-6H3. The Labute approximate surface area is 101 Å². The summed E-state index contributed by atoms with van der Waals surface area (Å²) >= 11 is 0. The zero-order valence-electron chi connectivity index (χ0n) is 11.7. The van der Waals surface area contributed by atoms with Crippen molar-refractivity contribution in [1.29, 1.82) is 0 Å². The Balaban J connectivity index is 3.28. The largest absolute Gasteiger partial charge is 0.0648 e. The van der Waals surface area contributed by atoms with Gasteiger partial charge in [-0.25, -0.2) is 0 Å². The molecule has 1 aromatic rings. The average Bonchev–Trinajstić information content (AvgIpc) is 2.28. The lowest BCUT2D eigenvalue weighted by molar-refractivity contribution is 0.116. The predicted octanol–water partition coefficient (Wildman–Crippen LogP) is 5.04. The molecule has 1 aromatic carbocycles. The number of hydrogen-bond donors (Lipinski definition) is 0. The lowest BCUT2D eigenvalue weighted by Gasteiger charge is -2.48. The quantitative estimate of drug-likeness (QED) is 0.664. The minimum Gasteiger partial charge on any atom is -0.0648 e. The Morgan fingerprint density at radius 1 is 1.00 bits per heavy atom. The van der Waals surface area contributed by atoms with Crippen LogP contribution in [0.15, 0.2) is 30.3 Å². The summed E-state index contributed by atoms with van der Waals surface area (Å²) in [5.74, 6) is 0.643. The van der Waals surface area contributed by atoms with E-state index in [1.54, 1.807) is 0 Å². The minimum atomic E-state index is 0.239. The molecule has 0 radical (unpaired) electrons. The zero-order valence-corrected chi connectivity index (χ0v) is 11.7. The van der Waals surface area contributed by atoms with Crippen LogP contribution >= 0.6 is 0 Å². The van der Waals surface area contributed by atoms with E-state index in [2.05, 4.69) is 71.9 Å². The molecule has 0 saturated carbocycles. The van der Waals surface area contributed by atoms with Gasteiger partial charge in [0.25, 0.3) is 0 Å². The van der Waals surface area contributed by atoms with Crippen LogP contribution < -0.4 is 0 Å². The lowest BCUT2D eigenvalue weighted by Crippen LogP contribution is -2.43. The Bertz CT molecular complexity index is 321. The molecule has 0 aliphatic heterocycles. The summed E-state index contributed by atoms with van der Waals surface area (Å²) in [6, 6.07) is 11.0. The fourth-order valence-electron chi connectivity index (χ4n) is 2.66. The van der Waals surface area contributed by atoms with Gasteiger partial charge >= 0.3 is 0 Å². The van der Waals surface area contributed by atoms with Crippen LogP contribution in [0.25, 0.3) is 0 Å². The van der Waals surface area contributed by atoms with Crippen LogP contribution in [0, 0.1) is 11.3 Å². The average molecular weight is 218 g/mol. The monoisotopic (exact) mass is 218 g/mol. The molecule has 0 amide bonds. The molecule has 0 N–H and O–H groups in total. The third kappa shape index (κ3) is 2.03. The van der Waals surface area contributed by atoms with E-state index in [1.165, 1.54) is 12.0 Å². The molecule has 16 heavy (non-hydrogen) atoms. The molecular weight excluding hydrogens is 192 g/mol. The molecule has 0 saturated heterocycles. The van der Waals surface area contributed by atoms with Gasteiger partial charge in [-0.2, -0.15) is 0 Å². The van der Waals surface area contributed by atoms with E-state index in [0.29, 0.717) is 11.3 Å². The van der Waals surface area contributed by atoms with Gasteiger partial charge in [0.05, 0.1) is 0 Å². The van der Waals surface area contributed by atoms with Crippen LogP contribution in [0.3, 0.4) is 0 Å². The van der Waals surface area contributed by atoms with E-state index in [1.807, 2.05) is 0 Å². The highest BCUT2D eigenvalue weighted by Crippen LogP contribution is 2.48. The maximum absolute atomic E-state index is 2.41. The molecule has 0 heterocycles. The van der Waals surface area contributed by atoms with E-state index in [4.69, 9.17) is 0 Å². The van der Waals surface area contributed by atoms with Gasteiger partial charge in [0.2, 0.25) is 0 Å². The van der Waals surface area contributed by atoms with Crippen LogP contribution in [-0.4, -0.2) is 0 Å². The first kappa shape index (κ1) is 13.3. The molecule has 0 bridgehead atoms. The molecule has 0 aromatic heterocycles. The van der Waals surface area contributed by atoms with Crippen molar-refractivity contribution >= 4 is 0 Å². The van der Waals surface area contributed by atoms with Crippen molar-refractivity contribution in [3.05, 3.63) is 35.9 Å². The van der Waals surface area contributed by atoms with Crippen LogP contribution in [-0.2, 0) is 5.41 Å². The van der Waals surface area contributed by atoms with Gasteiger partial charge in [-0.3, -0.25) is 0 Å². The molecule has 1 rings (SSSR count). The van der Waals surface area contributed by atoms with E-state index < -0.39 is 0 Å². The van der Waals surface area contributed by atoms with E-state index in [9.17, 15) is 0 Å². The predicted molar refractivity (Wildman–Crippen MR) is 72.7 cm³/mol. The SMILES string of the molecule is CCC(C)(C)C(C)(c1ccccc1)C(C)C. The van der Waals surface area contributed by atoms with Gasteiger partial charge in [0.15, 0.2) is 0 Å². The number of hydrogen-bond acceptors (Lipinski definition) is 0. The summed E-state index contributed by atoms with van der Waals surface area (Å²) in [5.41, 5.74) is 2.03. The van der Waals surface area contributed by atoms with Gasteiger partial charge in [-0.1, -0.05) is 78.3 Å². The molecular formula is C16H26. The van der Waals surface area contributed by atoms with Crippen molar-refractivity contribution in [2.75, 3.05) is 0 Å². The molecule has 0 heteroatoms. The Morgan fingerprint density at radius 3 is 1.88 bits per heavy atom. The van der Waals surface area contributed by atoms with Gasteiger partial charge in [0.1, 0.15) is 0 Å². The first-order chi connectivity index (χ1) is 7.36. The molecule has 90 valence electrons. The van der Waals surface area contributed by atoms with Crippen molar-refractivity contribution in [1.82, 2.24) is 0 Å². The molecule has 0 nitrogen and oxygen atoms in total. The highest BCUT2D eigenvalue weighted by molar-refractivity contribution is 5.28. The van der Waals surface area contributed by atoms with Crippen molar-refractivity contribution < 1.29 is 0 Å². The summed E-state index contributed by atoms with van der Waals surface area (Å²) < 4.78 is 0. The Kier molecular flexibility index (Phi) is 3.83. The van der Waals surface area contributed by atoms with Gasteiger partial charge in [0, 0.05) is 0 Å². The maximum atomic E-state index is 2.41. The summed E-state index contributed by atoms with van der Waals surface area (Å²) in [7, 11) is 0. The first-order valence-electron chi connectivity index (χ1n) is 6.41. The van der Waals surface area contributed by atoms with Gasteiger partial charge < -0.3 is 0 Å². The van der Waals surface area contributed by atoms with Crippen LogP contribution in [0.2, 0.25) is 0 Å². The Morgan fingerprint density at radius 2 is 1.50 bits per heavy atom. The Hall–Kier alpha value is -0.780. The number of rotatable bonds is 4. The molecule has 1 atom stereocenters. The van der Waals surface area contributed by atoms with Crippen molar-refractivity contribution in [3.63, 3.8) is 0 Å². The smallest absolute Gasteiger partial charge is 0.000131 e. The third-order valence-corrected chi connectivity index (χ3v) is 4.82. The topological polar surface area (TPSA) is 0 Å². The second-order valence-corrected chi connectivity index (χ2v) is 5.96. The van der Waals surface area contributed by atoms with Crippen LogP contribution in [0.1, 0.15) is 53.5 Å².